The Hall–Kier alpha value is -1.56. The van der Waals surface area contributed by atoms with Crippen LogP contribution in [0, 0.1) is 0 Å². The fourth-order valence-electron chi connectivity index (χ4n) is 3.11. The van der Waals surface area contributed by atoms with E-state index < -0.39 is 12.6 Å². The van der Waals surface area contributed by atoms with E-state index in [-0.39, 0.29) is 48.6 Å². The molecule has 30 heavy (non-hydrogen) atoms. The van der Waals surface area contributed by atoms with E-state index in [0.29, 0.717) is 37.7 Å². The highest BCUT2D eigenvalue weighted by Gasteiger charge is 2.27. The molecule has 10 heteroatoms. The number of nitrogens with zero attached hydrogens (tertiary/aromatic N) is 2. The lowest BCUT2D eigenvalue weighted by molar-refractivity contribution is -0.132. The molecule has 2 atom stereocenters. The summed E-state index contributed by atoms with van der Waals surface area (Å²) >= 11 is 0. The van der Waals surface area contributed by atoms with Gasteiger partial charge in [-0.25, -0.2) is 4.99 Å². The predicted molar refractivity (Wildman–Crippen MR) is 121 cm³/mol. The molecule has 0 radical (unpaired) electrons. The number of alkyl halides is 3. The van der Waals surface area contributed by atoms with E-state index in [9.17, 15) is 18.0 Å². The van der Waals surface area contributed by atoms with Crippen LogP contribution in [0.2, 0.25) is 0 Å². The van der Waals surface area contributed by atoms with Gasteiger partial charge in [-0.3, -0.25) is 4.79 Å². The lowest BCUT2D eigenvalue weighted by atomic mass is 10.1. The van der Waals surface area contributed by atoms with Crippen molar-refractivity contribution in [3.63, 3.8) is 0 Å². The molecular weight excluding hydrogens is 512 g/mol. The third-order valence-corrected chi connectivity index (χ3v) is 4.37. The number of amides is 1. The molecule has 0 saturated carbocycles. The molecule has 1 aliphatic heterocycles. The Bertz CT molecular complexity index is 688. The highest BCUT2D eigenvalue weighted by molar-refractivity contribution is 14.0. The number of rotatable bonds is 6. The summed E-state index contributed by atoms with van der Waals surface area (Å²) in [4.78, 5) is 18.8. The number of nitrogens with one attached hydrogen (secondary N) is 2. The Morgan fingerprint density at radius 1 is 1.17 bits per heavy atom. The zero-order valence-corrected chi connectivity index (χ0v) is 19.8. The molecule has 0 aliphatic carbocycles. The topological polar surface area (TPSA) is 66.0 Å². The number of morpholine rings is 1. The van der Waals surface area contributed by atoms with E-state index in [1.807, 2.05) is 32.9 Å². The molecule has 2 N–H and O–H groups in total. The lowest BCUT2D eigenvalue weighted by Gasteiger charge is -2.35. The molecule has 0 spiro atoms. The summed E-state index contributed by atoms with van der Waals surface area (Å²) in [5.74, 6) is 0.289. The normalized spacial score (nSPS) is 19.8. The lowest BCUT2D eigenvalue weighted by Crippen LogP contribution is -2.48. The van der Waals surface area contributed by atoms with Gasteiger partial charge in [0, 0.05) is 31.7 Å². The average Bonchev–Trinajstić information content (AvgIpc) is 2.64. The van der Waals surface area contributed by atoms with Gasteiger partial charge in [-0.1, -0.05) is 12.1 Å². The molecule has 1 amide bonds. The number of carbonyl (C=O) groups is 1. The number of hydrogen-bond donors (Lipinski definition) is 2. The van der Waals surface area contributed by atoms with Crippen LogP contribution < -0.4 is 10.6 Å². The molecule has 2 unspecified atom stereocenters. The maximum atomic E-state index is 12.7. The quantitative estimate of drug-likeness (QED) is 0.328. The Balaban J connectivity index is 0.00000450. The second-order valence-electron chi connectivity index (χ2n) is 7.15. The molecule has 2 rings (SSSR count). The first-order chi connectivity index (χ1) is 13.7. The summed E-state index contributed by atoms with van der Waals surface area (Å²) < 4.78 is 42.5. The Labute approximate surface area is 192 Å². The Morgan fingerprint density at radius 3 is 2.30 bits per heavy atom. The van der Waals surface area contributed by atoms with Crippen molar-refractivity contribution in [2.45, 2.75) is 52.1 Å². The summed E-state index contributed by atoms with van der Waals surface area (Å²) in [5, 5.41) is 5.59. The molecule has 1 aliphatic rings. The monoisotopic (exact) mass is 542 g/mol. The zero-order valence-electron chi connectivity index (χ0n) is 17.5. The smallest absolute Gasteiger partial charge is 0.372 e. The highest BCUT2D eigenvalue weighted by atomic mass is 127. The van der Waals surface area contributed by atoms with Crippen LogP contribution in [0.4, 0.5) is 13.2 Å². The molecule has 1 fully saturated rings. The summed E-state index contributed by atoms with van der Waals surface area (Å²) in [5.41, 5.74) is 1.45. The first-order valence-electron chi connectivity index (χ1n) is 9.80. The van der Waals surface area contributed by atoms with Crippen LogP contribution in [0.25, 0.3) is 0 Å². The molecule has 1 aromatic carbocycles. The van der Waals surface area contributed by atoms with Gasteiger partial charge in [0.15, 0.2) is 5.96 Å². The van der Waals surface area contributed by atoms with E-state index in [4.69, 9.17) is 4.74 Å². The number of ether oxygens (including phenoxy) is 1. The van der Waals surface area contributed by atoms with E-state index in [1.54, 1.807) is 17.0 Å². The summed E-state index contributed by atoms with van der Waals surface area (Å²) in [6.45, 7) is 7.45. The molecule has 1 heterocycles. The Kier molecular flexibility index (Phi) is 10.9. The number of carbonyl (C=O) groups excluding carboxylic acids is 1. The SMILES string of the molecule is CCNC(=NCc1ccc(C(=O)N2CC(C)OC(C)C2)cc1)NCCC(F)(F)F.I. The van der Waals surface area contributed by atoms with Crippen molar-refractivity contribution in [1.82, 2.24) is 15.5 Å². The number of guanidine groups is 1. The fraction of sp³-hybridized carbons (Fsp3) is 0.600. The molecule has 1 aromatic rings. The number of benzene rings is 1. The largest absolute Gasteiger partial charge is 0.390 e. The van der Waals surface area contributed by atoms with Gasteiger partial charge in [0.2, 0.25) is 0 Å². The van der Waals surface area contributed by atoms with Crippen molar-refractivity contribution in [1.29, 1.82) is 0 Å². The molecular formula is C20H30F3IN4O2. The molecule has 6 nitrogen and oxygen atoms in total. The van der Waals surface area contributed by atoms with E-state index >= 15 is 0 Å². The highest BCUT2D eigenvalue weighted by Crippen LogP contribution is 2.18. The van der Waals surface area contributed by atoms with Gasteiger partial charge in [-0.15, -0.1) is 24.0 Å². The first kappa shape index (κ1) is 26.5. The van der Waals surface area contributed by atoms with Crippen LogP contribution in [0.1, 0.15) is 43.1 Å². The van der Waals surface area contributed by atoms with E-state index in [1.165, 1.54) is 0 Å². The maximum absolute atomic E-state index is 12.7. The van der Waals surface area contributed by atoms with Gasteiger partial charge < -0.3 is 20.3 Å². The van der Waals surface area contributed by atoms with Crippen LogP contribution in [0.5, 0.6) is 0 Å². The van der Waals surface area contributed by atoms with Crippen molar-refractivity contribution in [2.24, 2.45) is 4.99 Å². The van der Waals surface area contributed by atoms with Gasteiger partial charge in [0.05, 0.1) is 25.2 Å². The summed E-state index contributed by atoms with van der Waals surface area (Å²) in [6.07, 6.45) is -5.12. The van der Waals surface area contributed by atoms with Gasteiger partial charge >= 0.3 is 6.18 Å². The Morgan fingerprint density at radius 2 is 1.77 bits per heavy atom. The van der Waals surface area contributed by atoms with E-state index in [2.05, 4.69) is 15.6 Å². The van der Waals surface area contributed by atoms with Gasteiger partial charge in [0.1, 0.15) is 0 Å². The molecule has 1 saturated heterocycles. The van der Waals surface area contributed by atoms with Crippen LogP contribution in [-0.4, -0.2) is 61.3 Å². The van der Waals surface area contributed by atoms with Crippen molar-refractivity contribution in [2.75, 3.05) is 26.2 Å². The average molecular weight is 542 g/mol. The maximum Gasteiger partial charge on any atom is 0.390 e. The second kappa shape index (κ2) is 12.3. The minimum Gasteiger partial charge on any atom is -0.372 e. The van der Waals surface area contributed by atoms with E-state index in [0.717, 1.165) is 5.56 Å². The van der Waals surface area contributed by atoms with Gasteiger partial charge in [-0.2, -0.15) is 13.2 Å². The van der Waals surface area contributed by atoms with Crippen LogP contribution >= 0.6 is 24.0 Å². The minimum atomic E-state index is -4.21. The standard InChI is InChI=1S/C20H29F3N4O2.HI/c1-4-24-19(25-10-9-20(21,22)23)26-11-16-5-7-17(8-6-16)18(28)27-12-14(2)29-15(3)13-27;/h5-8,14-15H,4,9-13H2,1-3H3,(H2,24,25,26);1H. The van der Waals surface area contributed by atoms with Crippen molar-refractivity contribution < 1.29 is 22.7 Å². The van der Waals surface area contributed by atoms with Crippen LogP contribution in [0.3, 0.4) is 0 Å². The van der Waals surface area contributed by atoms with Gasteiger partial charge in [-0.05, 0) is 38.5 Å². The van der Waals surface area contributed by atoms with Crippen LogP contribution in [0.15, 0.2) is 29.3 Å². The van der Waals surface area contributed by atoms with Crippen LogP contribution in [-0.2, 0) is 11.3 Å². The molecule has 0 bridgehead atoms. The number of aliphatic imine (C=N–C) groups is 1. The van der Waals surface area contributed by atoms with Crippen molar-refractivity contribution >= 4 is 35.8 Å². The molecule has 170 valence electrons. The summed E-state index contributed by atoms with van der Waals surface area (Å²) in [7, 11) is 0. The summed E-state index contributed by atoms with van der Waals surface area (Å²) in [6, 6.07) is 7.12. The predicted octanol–water partition coefficient (Wildman–Crippen LogP) is 3.56. The second-order valence-corrected chi connectivity index (χ2v) is 7.15. The number of halogens is 4. The van der Waals surface area contributed by atoms with Crippen molar-refractivity contribution in [3.05, 3.63) is 35.4 Å². The van der Waals surface area contributed by atoms with Gasteiger partial charge in [0.25, 0.3) is 5.91 Å². The molecule has 0 aromatic heterocycles. The minimum absolute atomic E-state index is 0. The first-order valence-corrected chi connectivity index (χ1v) is 9.80. The fourth-order valence-corrected chi connectivity index (χ4v) is 3.11. The zero-order chi connectivity index (χ0) is 21.4. The third kappa shape index (κ3) is 9.07. The third-order valence-electron chi connectivity index (χ3n) is 4.37. The van der Waals surface area contributed by atoms with Crippen molar-refractivity contribution in [3.8, 4) is 0 Å². The number of hydrogen-bond acceptors (Lipinski definition) is 3.